The van der Waals surface area contributed by atoms with Crippen molar-refractivity contribution in [2.45, 2.75) is 19.8 Å². The first-order chi connectivity index (χ1) is 8.58. The average molecular weight is 264 g/mol. The summed E-state index contributed by atoms with van der Waals surface area (Å²) in [6.45, 7) is 4.03. The SMILES string of the molecule is CC(C)c1c(N)ncnc1Oc1cccc(Cl)c1. The number of nitrogens with two attached hydrogens (primary N) is 1. The molecular formula is C13H14ClN3O. The highest BCUT2D eigenvalue weighted by Gasteiger charge is 2.14. The Morgan fingerprint density at radius 2 is 2.06 bits per heavy atom. The Kier molecular flexibility index (Phi) is 3.67. The predicted octanol–water partition coefficient (Wildman–Crippen LogP) is 3.63. The molecule has 2 aromatic rings. The Morgan fingerprint density at radius 1 is 1.28 bits per heavy atom. The summed E-state index contributed by atoms with van der Waals surface area (Å²) >= 11 is 5.91. The quantitative estimate of drug-likeness (QED) is 0.919. The Labute approximate surface area is 111 Å². The van der Waals surface area contributed by atoms with Gasteiger partial charge in [0.2, 0.25) is 5.88 Å². The van der Waals surface area contributed by atoms with Crippen LogP contribution in [-0.2, 0) is 0 Å². The van der Waals surface area contributed by atoms with Crippen LogP contribution in [-0.4, -0.2) is 9.97 Å². The van der Waals surface area contributed by atoms with Crippen molar-refractivity contribution in [2.75, 3.05) is 5.73 Å². The van der Waals surface area contributed by atoms with Crippen molar-refractivity contribution in [3.8, 4) is 11.6 Å². The lowest BCUT2D eigenvalue weighted by Crippen LogP contribution is -2.04. The van der Waals surface area contributed by atoms with E-state index in [-0.39, 0.29) is 5.92 Å². The summed E-state index contributed by atoms with van der Waals surface area (Å²) in [5, 5.41) is 0.612. The predicted molar refractivity (Wildman–Crippen MR) is 72.1 cm³/mol. The minimum atomic E-state index is 0.181. The maximum Gasteiger partial charge on any atom is 0.227 e. The molecule has 0 saturated heterocycles. The van der Waals surface area contributed by atoms with Crippen LogP contribution in [0.25, 0.3) is 0 Å². The number of anilines is 1. The van der Waals surface area contributed by atoms with Crippen LogP contribution >= 0.6 is 11.6 Å². The number of benzene rings is 1. The highest BCUT2D eigenvalue weighted by Crippen LogP contribution is 2.32. The second-order valence-corrected chi connectivity index (χ2v) is 4.63. The molecule has 0 unspecified atom stereocenters. The van der Waals surface area contributed by atoms with E-state index in [4.69, 9.17) is 22.1 Å². The molecule has 2 N–H and O–H groups in total. The third-order valence-electron chi connectivity index (χ3n) is 2.47. The molecule has 0 aliphatic carbocycles. The molecule has 1 heterocycles. The maximum absolute atomic E-state index is 5.91. The molecule has 0 aliphatic rings. The highest BCUT2D eigenvalue weighted by atomic mass is 35.5. The number of nitrogens with zero attached hydrogens (tertiary/aromatic N) is 2. The van der Waals surface area contributed by atoms with Gasteiger partial charge >= 0.3 is 0 Å². The average Bonchev–Trinajstić information content (AvgIpc) is 2.28. The lowest BCUT2D eigenvalue weighted by molar-refractivity contribution is 0.452. The maximum atomic E-state index is 5.91. The van der Waals surface area contributed by atoms with Crippen LogP contribution in [0.5, 0.6) is 11.6 Å². The lowest BCUT2D eigenvalue weighted by atomic mass is 10.1. The Bertz CT molecular complexity index is 558. The smallest absolute Gasteiger partial charge is 0.227 e. The molecule has 0 bridgehead atoms. The number of hydrogen-bond donors (Lipinski definition) is 1. The number of rotatable bonds is 3. The molecule has 2 rings (SSSR count). The number of halogens is 1. The number of ether oxygens (including phenoxy) is 1. The summed E-state index contributed by atoms with van der Waals surface area (Å²) in [6, 6.07) is 7.14. The van der Waals surface area contributed by atoms with E-state index in [1.54, 1.807) is 12.1 Å². The summed E-state index contributed by atoms with van der Waals surface area (Å²) < 4.78 is 5.72. The zero-order valence-corrected chi connectivity index (χ0v) is 11.0. The molecule has 4 nitrogen and oxygen atoms in total. The van der Waals surface area contributed by atoms with Crippen molar-refractivity contribution in [1.29, 1.82) is 0 Å². The third kappa shape index (κ3) is 2.71. The number of hydrogen-bond acceptors (Lipinski definition) is 4. The fourth-order valence-corrected chi connectivity index (χ4v) is 1.84. The zero-order chi connectivity index (χ0) is 13.1. The van der Waals surface area contributed by atoms with Crippen molar-refractivity contribution in [2.24, 2.45) is 0 Å². The summed E-state index contributed by atoms with van der Waals surface area (Å²) in [5.74, 6) is 1.72. The van der Waals surface area contributed by atoms with Crippen LogP contribution < -0.4 is 10.5 Å². The Balaban J connectivity index is 2.37. The van der Waals surface area contributed by atoms with Crippen LogP contribution in [0.2, 0.25) is 5.02 Å². The first kappa shape index (κ1) is 12.6. The lowest BCUT2D eigenvalue weighted by Gasteiger charge is -2.13. The summed E-state index contributed by atoms with van der Waals surface area (Å²) in [7, 11) is 0. The fourth-order valence-electron chi connectivity index (χ4n) is 1.66. The molecular weight excluding hydrogens is 250 g/mol. The molecule has 94 valence electrons. The van der Waals surface area contributed by atoms with Gasteiger partial charge in [0.15, 0.2) is 0 Å². The highest BCUT2D eigenvalue weighted by molar-refractivity contribution is 6.30. The normalized spacial score (nSPS) is 10.7. The Hall–Kier alpha value is -1.81. The second-order valence-electron chi connectivity index (χ2n) is 4.19. The summed E-state index contributed by atoms with van der Waals surface area (Å²) in [4.78, 5) is 8.11. The Morgan fingerprint density at radius 3 is 2.72 bits per heavy atom. The van der Waals surface area contributed by atoms with E-state index in [1.807, 2.05) is 26.0 Å². The van der Waals surface area contributed by atoms with Crippen LogP contribution in [0.15, 0.2) is 30.6 Å². The molecule has 1 aromatic carbocycles. The molecule has 0 atom stereocenters. The van der Waals surface area contributed by atoms with E-state index in [0.29, 0.717) is 22.5 Å². The first-order valence-electron chi connectivity index (χ1n) is 5.61. The molecule has 0 fully saturated rings. The number of aromatic nitrogens is 2. The topological polar surface area (TPSA) is 61.0 Å². The van der Waals surface area contributed by atoms with Gasteiger partial charge in [0.05, 0.1) is 5.56 Å². The molecule has 0 aliphatic heterocycles. The van der Waals surface area contributed by atoms with Gasteiger partial charge in [-0.15, -0.1) is 0 Å². The van der Waals surface area contributed by atoms with Gasteiger partial charge in [-0.05, 0) is 24.1 Å². The van der Waals surface area contributed by atoms with E-state index in [1.165, 1.54) is 6.33 Å². The van der Waals surface area contributed by atoms with Gasteiger partial charge in [0.1, 0.15) is 17.9 Å². The monoisotopic (exact) mass is 263 g/mol. The van der Waals surface area contributed by atoms with Crippen LogP contribution in [0, 0.1) is 0 Å². The molecule has 5 heteroatoms. The molecule has 18 heavy (non-hydrogen) atoms. The van der Waals surface area contributed by atoms with Gasteiger partial charge in [-0.25, -0.2) is 9.97 Å². The van der Waals surface area contributed by atoms with Crippen molar-refractivity contribution in [1.82, 2.24) is 9.97 Å². The molecule has 0 radical (unpaired) electrons. The first-order valence-corrected chi connectivity index (χ1v) is 5.99. The van der Waals surface area contributed by atoms with Gasteiger partial charge in [-0.2, -0.15) is 0 Å². The van der Waals surface area contributed by atoms with Gasteiger partial charge in [-0.1, -0.05) is 31.5 Å². The van der Waals surface area contributed by atoms with E-state index >= 15 is 0 Å². The largest absolute Gasteiger partial charge is 0.438 e. The van der Waals surface area contributed by atoms with Gasteiger partial charge in [-0.3, -0.25) is 0 Å². The van der Waals surface area contributed by atoms with Gasteiger partial charge < -0.3 is 10.5 Å². The van der Waals surface area contributed by atoms with Crippen molar-refractivity contribution >= 4 is 17.4 Å². The van der Waals surface area contributed by atoms with Gasteiger partial charge in [0, 0.05) is 5.02 Å². The number of nitrogen functional groups attached to an aromatic ring is 1. The minimum Gasteiger partial charge on any atom is -0.438 e. The summed E-state index contributed by atoms with van der Waals surface area (Å²) in [5.41, 5.74) is 6.65. The third-order valence-corrected chi connectivity index (χ3v) is 2.70. The van der Waals surface area contributed by atoms with Crippen LogP contribution in [0.4, 0.5) is 5.82 Å². The van der Waals surface area contributed by atoms with Crippen LogP contribution in [0.1, 0.15) is 25.3 Å². The zero-order valence-electron chi connectivity index (χ0n) is 10.2. The molecule has 0 amide bonds. The standard InChI is InChI=1S/C13H14ClN3O/c1-8(2)11-12(15)16-7-17-13(11)18-10-5-3-4-9(14)6-10/h3-8H,1-2H3,(H2,15,16,17). The van der Waals surface area contributed by atoms with E-state index in [0.717, 1.165) is 5.56 Å². The van der Waals surface area contributed by atoms with E-state index < -0.39 is 0 Å². The summed E-state index contributed by atoms with van der Waals surface area (Å²) in [6.07, 6.45) is 1.39. The van der Waals surface area contributed by atoms with Crippen molar-refractivity contribution < 1.29 is 4.74 Å². The van der Waals surface area contributed by atoms with Crippen LogP contribution in [0.3, 0.4) is 0 Å². The van der Waals surface area contributed by atoms with Crippen molar-refractivity contribution in [3.05, 3.63) is 41.2 Å². The van der Waals surface area contributed by atoms with Gasteiger partial charge in [0.25, 0.3) is 0 Å². The second kappa shape index (κ2) is 5.23. The minimum absolute atomic E-state index is 0.181. The fraction of sp³-hybridized carbons (Fsp3) is 0.231. The molecule has 0 spiro atoms. The van der Waals surface area contributed by atoms with Crippen molar-refractivity contribution in [3.63, 3.8) is 0 Å². The van der Waals surface area contributed by atoms with E-state index in [2.05, 4.69) is 9.97 Å². The molecule has 0 saturated carbocycles. The van der Waals surface area contributed by atoms with E-state index in [9.17, 15) is 0 Å². The molecule has 1 aromatic heterocycles.